The van der Waals surface area contributed by atoms with Crippen LogP contribution in [-0.4, -0.2) is 42.0 Å². The summed E-state index contributed by atoms with van der Waals surface area (Å²) in [6.45, 7) is 3.23. The van der Waals surface area contributed by atoms with Gasteiger partial charge in [0.05, 0.1) is 5.54 Å². The Bertz CT molecular complexity index is 527. The van der Waals surface area contributed by atoms with Crippen molar-refractivity contribution in [3.8, 4) is 0 Å². The molecule has 4 nitrogen and oxygen atoms in total. The maximum Gasteiger partial charge on any atom is 0.240 e. The summed E-state index contributed by atoms with van der Waals surface area (Å²) in [6.07, 6.45) is 8.25. The van der Waals surface area contributed by atoms with Gasteiger partial charge in [-0.3, -0.25) is 4.79 Å². The Labute approximate surface area is 170 Å². The zero-order valence-corrected chi connectivity index (χ0v) is 17.1. The second-order valence-electron chi connectivity index (χ2n) is 7.54. The van der Waals surface area contributed by atoms with Crippen molar-refractivity contribution in [3.63, 3.8) is 0 Å². The summed E-state index contributed by atoms with van der Waals surface area (Å²) < 4.78 is 0. The molecule has 6 heteroatoms. The molecular weight excluding hydrogens is 369 g/mol. The number of carbonyl (C=O) groups excluding carboxylic acids is 1. The molecule has 0 unspecified atom stereocenters. The van der Waals surface area contributed by atoms with Crippen molar-refractivity contribution >= 4 is 30.7 Å². The van der Waals surface area contributed by atoms with Gasteiger partial charge in [0, 0.05) is 25.7 Å². The van der Waals surface area contributed by atoms with Gasteiger partial charge >= 0.3 is 0 Å². The fraction of sp³-hybridized carbons (Fsp3) is 0.650. The maximum atomic E-state index is 12.5. The maximum absolute atomic E-state index is 12.5. The van der Waals surface area contributed by atoms with E-state index in [0.717, 1.165) is 64.6 Å². The number of nitrogens with two attached hydrogens (primary N) is 1. The van der Waals surface area contributed by atoms with E-state index in [0.29, 0.717) is 6.04 Å². The van der Waals surface area contributed by atoms with Crippen LogP contribution in [0, 0.1) is 0 Å². The number of benzene rings is 1. The summed E-state index contributed by atoms with van der Waals surface area (Å²) in [7, 11) is 0. The molecule has 2 fully saturated rings. The highest BCUT2D eigenvalue weighted by molar-refractivity contribution is 5.86. The molecule has 1 saturated carbocycles. The average molecular weight is 402 g/mol. The number of nitrogens with zero attached hydrogens (tertiary/aromatic N) is 1. The van der Waals surface area contributed by atoms with E-state index in [-0.39, 0.29) is 30.7 Å². The fourth-order valence-electron chi connectivity index (χ4n) is 3.97. The number of nitrogens with one attached hydrogen (secondary N) is 1. The van der Waals surface area contributed by atoms with Crippen molar-refractivity contribution in [1.82, 2.24) is 10.2 Å². The standard InChI is InChI=1S/C20H31N3O.2ClH/c21-20(12-5-2-6-13-20)19(24)22-18-10-15-23(16-11-18)14-9-17-7-3-1-4-8-17;;/h1,3-4,7-8,18H,2,5-6,9-16,21H2,(H,22,24);2*1H. The summed E-state index contributed by atoms with van der Waals surface area (Å²) in [6, 6.07) is 11.0. The Morgan fingerprint density at radius 2 is 1.69 bits per heavy atom. The smallest absolute Gasteiger partial charge is 0.240 e. The third-order valence-electron chi connectivity index (χ3n) is 5.68. The highest BCUT2D eigenvalue weighted by atomic mass is 35.5. The molecule has 0 aromatic heterocycles. The van der Waals surface area contributed by atoms with Crippen molar-refractivity contribution in [2.24, 2.45) is 5.73 Å². The van der Waals surface area contributed by atoms with Gasteiger partial charge in [0.15, 0.2) is 0 Å². The Balaban J connectivity index is 0.00000169. The molecule has 1 aliphatic heterocycles. The molecule has 1 aromatic rings. The van der Waals surface area contributed by atoms with E-state index < -0.39 is 5.54 Å². The van der Waals surface area contributed by atoms with Crippen molar-refractivity contribution in [1.29, 1.82) is 0 Å². The molecular formula is C20H33Cl2N3O. The van der Waals surface area contributed by atoms with Gasteiger partial charge in [-0.1, -0.05) is 49.6 Å². The second-order valence-corrected chi connectivity index (χ2v) is 7.54. The van der Waals surface area contributed by atoms with E-state index >= 15 is 0 Å². The first-order valence-electron chi connectivity index (χ1n) is 9.52. The fourth-order valence-corrected chi connectivity index (χ4v) is 3.97. The lowest BCUT2D eigenvalue weighted by Gasteiger charge is -2.36. The topological polar surface area (TPSA) is 58.4 Å². The summed E-state index contributed by atoms with van der Waals surface area (Å²) in [4.78, 5) is 15.0. The van der Waals surface area contributed by atoms with Gasteiger partial charge in [0.1, 0.15) is 0 Å². The highest BCUT2D eigenvalue weighted by Gasteiger charge is 2.36. The summed E-state index contributed by atoms with van der Waals surface area (Å²) in [5.41, 5.74) is 7.13. The monoisotopic (exact) mass is 401 g/mol. The van der Waals surface area contributed by atoms with Gasteiger partial charge in [-0.2, -0.15) is 0 Å². The van der Waals surface area contributed by atoms with Crippen LogP contribution in [0.2, 0.25) is 0 Å². The molecule has 148 valence electrons. The molecule has 0 spiro atoms. The first-order chi connectivity index (χ1) is 11.7. The van der Waals surface area contributed by atoms with Gasteiger partial charge in [0.2, 0.25) is 5.91 Å². The van der Waals surface area contributed by atoms with Crippen LogP contribution < -0.4 is 11.1 Å². The van der Waals surface area contributed by atoms with Gasteiger partial charge in [-0.05, 0) is 37.7 Å². The first kappa shape index (κ1) is 23.2. The van der Waals surface area contributed by atoms with Crippen LogP contribution in [-0.2, 0) is 11.2 Å². The SMILES string of the molecule is Cl.Cl.NC1(C(=O)NC2CCN(CCc3ccccc3)CC2)CCCCC1. The largest absolute Gasteiger partial charge is 0.352 e. The van der Waals surface area contributed by atoms with Gasteiger partial charge < -0.3 is 16.0 Å². The zero-order valence-electron chi connectivity index (χ0n) is 15.5. The quantitative estimate of drug-likeness (QED) is 0.795. The minimum absolute atomic E-state index is 0. The van der Waals surface area contributed by atoms with Gasteiger partial charge in [-0.15, -0.1) is 24.8 Å². The summed E-state index contributed by atoms with van der Waals surface area (Å²) in [5.74, 6) is 0.0879. The van der Waals surface area contributed by atoms with Crippen LogP contribution in [0.25, 0.3) is 0 Å². The third-order valence-corrected chi connectivity index (χ3v) is 5.68. The van der Waals surface area contributed by atoms with Crippen LogP contribution in [0.1, 0.15) is 50.5 Å². The van der Waals surface area contributed by atoms with Crippen molar-refractivity contribution in [2.45, 2.75) is 62.9 Å². The normalized spacial score (nSPS) is 20.5. The van der Waals surface area contributed by atoms with Gasteiger partial charge in [0.25, 0.3) is 0 Å². The molecule has 1 amide bonds. The van der Waals surface area contributed by atoms with Crippen molar-refractivity contribution < 1.29 is 4.79 Å². The van der Waals surface area contributed by atoms with E-state index in [1.807, 2.05) is 0 Å². The van der Waals surface area contributed by atoms with E-state index in [2.05, 4.69) is 40.5 Å². The van der Waals surface area contributed by atoms with Crippen LogP contribution in [0.4, 0.5) is 0 Å². The van der Waals surface area contributed by atoms with E-state index in [1.165, 1.54) is 12.0 Å². The lowest BCUT2D eigenvalue weighted by atomic mass is 9.81. The van der Waals surface area contributed by atoms with Crippen LogP contribution in [0.5, 0.6) is 0 Å². The molecule has 0 bridgehead atoms. The van der Waals surface area contributed by atoms with Crippen LogP contribution >= 0.6 is 24.8 Å². The number of likely N-dealkylation sites (tertiary alicyclic amines) is 1. The number of halogens is 2. The number of hydrogen-bond donors (Lipinski definition) is 2. The first-order valence-corrected chi connectivity index (χ1v) is 9.52. The highest BCUT2D eigenvalue weighted by Crippen LogP contribution is 2.26. The lowest BCUT2D eigenvalue weighted by molar-refractivity contribution is -0.128. The number of rotatable bonds is 5. The van der Waals surface area contributed by atoms with E-state index in [9.17, 15) is 4.79 Å². The van der Waals surface area contributed by atoms with Gasteiger partial charge in [-0.25, -0.2) is 0 Å². The average Bonchev–Trinajstić information content (AvgIpc) is 2.62. The zero-order chi connectivity index (χ0) is 16.8. The minimum atomic E-state index is -0.608. The molecule has 26 heavy (non-hydrogen) atoms. The van der Waals surface area contributed by atoms with E-state index in [4.69, 9.17) is 5.73 Å². The molecule has 3 rings (SSSR count). The lowest BCUT2D eigenvalue weighted by Crippen LogP contribution is -2.58. The molecule has 0 radical (unpaired) electrons. The predicted molar refractivity (Wildman–Crippen MR) is 112 cm³/mol. The number of amides is 1. The molecule has 1 heterocycles. The number of hydrogen-bond acceptors (Lipinski definition) is 3. The number of carbonyl (C=O) groups is 1. The minimum Gasteiger partial charge on any atom is -0.352 e. The Hall–Kier alpha value is -0.810. The molecule has 0 atom stereocenters. The van der Waals surface area contributed by atoms with Crippen molar-refractivity contribution in [3.05, 3.63) is 35.9 Å². The summed E-state index contributed by atoms with van der Waals surface area (Å²) >= 11 is 0. The molecule has 1 aromatic carbocycles. The van der Waals surface area contributed by atoms with Crippen LogP contribution in [0.3, 0.4) is 0 Å². The predicted octanol–water partition coefficient (Wildman–Crippen LogP) is 3.31. The number of piperidine rings is 1. The Kier molecular flexibility index (Phi) is 9.94. The van der Waals surface area contributed by atoms with E-state index in [1.54, 1.807) is 0 Å². The van der Waals surface area contributed by atoms with Crippen LogP contribution in [0.15, 0.2) is 30.3 Å². The summed E-state index contributed by atoms with van der Waals surface area (Å²) in [5, 5.41) is 3.23. The third kappa shape index (κ3) is 6.41. The second kappa shape index (κ2) is 11.1. The Morgan fingerprint density at radius 3 is 2.31 bits per heavy atom. The van der Waals surface area contributed by atoms with Crippen molar-refractivity contribution in [2.75, 3.05) is 19.6 Å². The molecule has 2 aliphatic rings. The molecule has 1 saturated heterocycles. The molecule has 3 N–H and O–H groups in total. The molecule has 1 aliphatic carbocycles. The Morgan fingerprint density at radius 1 is 1.08 bits per heavy atom.